The number of nitrogens with zero attached hydrogens (tertiary/aromatic N) is 1. The quantitative estimate of drug-likeness (QED) is 0.610. The highest BCUT2D eigenvalue weighted by molar-refractivity contribution is 6.31. The molecule has 0 bridgehead atoms. The van der Waals surface area contributed by atoms with Crippen molar-refractivity contribution in [1.29, 1.82) is 0 Å². The standard InChI is InChI=1S/C25H31ClN2O4/c1-17(2)15-27-25(30)18(3)28(16-20-6-4-5-7-21(20)26)24(29)11-9-19-8-10-22-23(14-19)32-13-12-31-22/h4-8,10,14,17-18H,9,11-13,15-16H2,1-3H3,(H,27,30). The van der Waals surface area contributed by atoms with Gasteiger partial charge in [-0.1, -0.05) is 49.7 Å². The molecule has 32 heavy (non-hydrogen) atoms. The number of fused-ring (bicyclic) bond motifs is 1. The molecule has 0 fully saturated rings. The van der Waals surface area contributed by atoms with Gasteiger partial charge in [0.05, 0.1) is 0 Å². The first-order valence-electron chi connectivity index (χ1n) is 11.0. The van der Waals surface area contributed by atoms with Crippen LogP contribution in [0.3, 0.4) is 0 Å². The molecule has 6 nitrogen and oxygen atoms in total. The molecule has 3 rings (SSSR count). The molecule has 1 heterocycles. The van der Waals surface area contributed by atoms with Gasteiger partial charge in [-0.05, 0) is 48.6 Å². The van der Waals surface area contributed by atoms with Gasteiger partial charge in [0.1, 0.15) is 19.3 Å². The maximum Gasteiger partial charge on any atom is 0.242 e. The summed E-state index contributed by atoms with van der Waals surface area (Å²) in [5.41, 5.74) is 1.79. The molecule has 172 valence electrons. The Morgan fingerprint density at radius 1 is 1.06 bits per heavy atom. The van der Waals surface area contributed by atoms with E-state index in [4.69, 9.17) is 21.1 Å². The maximum atomic E-state index is 13.3. The van der Waals surface area contributed by atoms with Crippen LogP contribution in [0.2, 0.25) is 5.02 Å². The Hall–Kier alpha value is -2.73. The van der Waals surface area contributed by atoms with E-state index in [9.17, 15) is 9.59 Å². The second-order valence-corrected chi connectivity index (χ2v) is 8.81. The van der Waals surface area contributed by atoms with Gasteiger partial charge in [0.2, 0.25) is 11.8 Å². The van der Waals surface area contributed by atoms with Gasteiger partial charge in [-0.3, -0.25) is 9.59 Å². The molecule has 2 aromatic rings. The van der Waals surface area contributed by atoms with E-state index >= 15 is 0 Å². The lowest BCUT2D eigenvalue weighted by Crippen LogP contribution is -2.48. The summed E-state index contributed by atoms with van der Waals surface area (Å²) in [5.74, 6) is 1.48. The fourth-order valence-corrected chi connectivity index (χ4v) is 3.68. The summed E-state index contributed by atoms with van der Waals surface area (Å²) in [6.45, 7) is 7.72. The van der Waals surface area contributed by atoms with Gasteiger partial charge in [-0.2, -0.15) is 0 Å². The van der Waals surface area contributed by atoms with Crippen molar-refractivity contribution in [2.45, 2.75) is 46.2 Å². The Labute approximate surface area is 194 Å². The molecule has 1 atom stereocenters. The summed E-state index contributed by atoms with van der Waals surface area (Å²) in [4.78, 5) is 27.6. The van der Waals surface area contributed by atoms with E-state index in [-0.39, 0.29) is 24.8 Å². The topological polar surface area (TPSA) is 67.9 Å². The number of nitrogens with one attached hydrogen (secondary N) is 1. The number of hydrogen-bond acceptors (Lipinski definition) is 4. The first-order chi connectivity index (χ1) is 15.3. The Balaban J connectivity index is 1.71. The van der Waals surface area contributed by atoms with Crippen molar-refractivity contribution < 1.29 is 19.1 Å². The van der Waals surface area contributed by atoms with E-state index in [1.807, 2.05) is 50.2 Å². The SMILES string of the molecule is CC(C)CNC(=O)C(C)N(Cc1ccccc1Cl)C(=O)CCc1ccc2c(c1)OCCO2. The monoisotopic (exact) mass is 458 g/mol. The molecule has 1 aliphatic heterocycles. The first-order valence-corrected chi connectivity index (χ1v) is 11.4. The summed E-state index contributed by atoms with van der Waals surface area (Å²) in [7, 11) is 0. The van der Waals surface area contributed by atoms with Crippen LogP contribution < -0.4 is 14.8 Å². The van der Waals surface area contributed by atoms with E-state index in [0.29, 0.717) is 42.9 Å². The van der Waals surface area contributed by atoms with Crippen molar-refractivity contribution >= 4 is 23.4 Å². The van der Waals surface area contributed by atoms with Gasteiger partial charge in [0.15, 0.2) is 11.5 Å². The third-order valence-corrected chi connectivity index (χ3v) is 5.75. The zero-order valence-corrected chi connectivity index (χ0v) is 19.7. The predicted molar refractivity (Wildman–Crippen MR) is 125 cm³/mol. The minimum Gasteiger partial charge on any atom is -0.486 e. The normalized spacial score (nSPS) is 13.5. The number of carbonyl (C=O) groups excluding carboxylic acids is 2. The largest absolute Gasteiger partial charge is 0.486 e. The molecule has 1 aliphatic rings. The molecule has 1 N–H and O–H groups in total. The minimum absolute atomic E-state index is 0.105. The zero-order valence-electron chi connectivity index (χ0n) is 18.9. The lowest BCUT2D eigenvalue weighted by molar-refractivity contribution is -0.140. The van der Waals surface area contributed by atoms with Crippen molar-refractivity contribution in [2.75, 3.05) is 19.8 Å². The predicted octanol–water partition coefficient (Wildman–Crippen LogP) is 4.23. The molecular weight excluding hydrogens is 428 g/mol. The van der Waals surface area contributed by atoms with Gasteiger partial charge in [0.25, 0.3) is 0 Å². The lowest BCUT2D eigenvalue weighted by atomic mass is 10.1. The summed E-state index contributed by atoms with van der Waals surface area (Å²) < 4.78 is 11.2. The van der Waals surface area contributed by atoms with Crippen LogP contribution in [0, 0.1) is 5.92 Å². The number of halogens is 1. The van der Waals surface area contributed by atoms with Gasteiger partial charge in [-0.15, -0.1) is 0 Å². The Bertz CT molecular complexity index is 947. The average molecular weight is 459 g/mol. The van der Waals surface area contributed by atoms with E-state index < -0.39 is 6.04 Å². The van der Waals surface area contributed by atoms with E-state index in [1.54, 1.807) is 17.9 Å². The van der Waals surface area contributed by atoms with Crippen LogP contribution in [-0.4, -0.2) is 42.5 Å². The van der Waals surface area contributed by atoms with E-state index in [0.717, 1.165) is 16.9 Å². The number of aryl methyl sites for hydroxylation is 1. The highest BCUT2D eigenvalue weighted by Crippen LogP contribution is 2.31. The molecule has 0 saturated carbocycles. The summed E-state index contributed by atoms with van der Waals surface area (Å²) in [5, 5.41) is 3.51. The third-order valence-electron chi connectivity index (χ3n) is 5.38. The number of rotatable bonds is 9. The summed E-state index contributed by atoms with van der Waals surface area (Å²) >= 11 is 6.34. The van der Waals surface area contributed by atoms with Crippen molar-refractivity contribution in [3.63, 3.8) is 0 Å². The van der Waals surface area contributed by atoms with E-state index in [2.05, 4.69) is 5.32 Å². The van der Waals surface area contributed by atoms with Crippen LogP contribution in [0.15, 0.2) is 42.5 Å². The van der Waals surface area contributed by atoms with Crippen molar-refractivity contribution in [3.8, 4) is 11.5 Å². The van der Waals surface area contributed by atoms with Crippen LogP contribution in [0.1, 0.15) is 38.3 Å². The van der Waals surface area contributed by atoms with Crippen LogP contribution in [-0.2, 0) is 22.6 Å². The van der Waals surface area contributed by atoms with E-state index in [1.165, 1.54) is 0 Å². The fourth-order valence-electron chi connectivity index (χ4n) is 3.48. The molecule has 0 spiro atoms. The summed E-state index contributed by atoms with van der Waals surface area (Å²) in [6, 6.07) is 12.5. The highest BCUT2D eigenvalue weighted by atomic mass is 35.5. The maximum absolute atomic E-state index is 13.3. The number of carbonyl (C=O) groups is 2. The second kappa shape index (κ2) is 11.2. The number of ether oxygens (including phenoxy) is 2. The zero-order chi connectivity index (χ0) is 23.1. The summed E-state index contributed by atoms with van der Waals surface area (Å²) in [6.07, 6.45) is 0.806. The number of amides is 2. The Morgan fingerprint density at radius 3 is 2.50 bits per heavy atom. The van der Waals surface area contributed by atoms with Crippen molar-refractivity contribution in [3.05, 3.63) is 58.6 Å². The molecule has 1 unspecified atom stereocenters. The van der Waals surface area contributed by atoms with Crippen LogP contribution >= 0.6 is 11.6 Å². The molecule has 2 amide bonds. The molecule has 0 aromatic heterocycles. The third kappa shape index (κ3) is 6.39. The number of hydrogen-bond donors (Lipinski definition) is 1. The van der Waals surface area contributed by atoms with Crippen molar-refractivity contribution in [1.82, 2.24) is 10.2 Å². The van der Waals surface area contributed by atoms with Crippen LogP contribution in [0.5, 0.6) is 11.5 Å². The lowest BCUT2D eigenvalue weighted by Gasteiger charge is -2.29. The molecule has 0 radical (unpaired) electrons. The van der Waals surface area contributed by atoms with Gasteiger partial charge in [-0.25, -0.2) is 0 Å². The molecule has 0 aliphatic carbocycles. The van der Waals surface area contributed by atoms with Crippen molar-refractivity contribution in [2.24, 2.45) is 5.92 Å². The smallest absolute Gasteiger partial charge is 0.242 e. The molecule has 7 heteroatoms. The fraction of sp³-hybridized carbons (Fsp3) is 0.440. The Kier molecular flexibility index (Phi) is 8.39. The second-order valence-electron chi connectivity index (χ2n) is 8.41. The number of benzene rings is 2. The Morgan fingerprint density at radius 2 is 1.78 bits per heavy atom. The average Bonchev–Trinajstić information content (AvgIpc) is 2.79. The molecular formula is C25H31ClN2O4. The van der Waals surface area contributed by atoms with Gasteiger partial charge >= 0.3 is 0 Å². The highest BCUT2D eigenvalue weighted by Gasteiger charge is 2.26. The van der Waals surface area contributed by atoms with Crippen LogP contribution in [0.4, 0.5) is 0 Å². The first kappa shape index (κ1) is 23.9. The molecule has 2 aromatic carbocycles. The molecule has 0 saturated heterocycles. The minimum atomic E-state index is -0.613. The van der Waals surface area contributed by atoms with Crippen LogP contribution in [0.25, 0.3) is 0 Å². The van der Waals surface area contributed by atoms with Gasteiger partial charge in [0, 0.05) is 24.5 Å². The van der Waals surface area contributed by atoms with Gasteiger partial charge < -0.3 is 19.7 Å².